The smallest absolute Gasteiger partial charge is 0.227 e. The Kier molecular flexibility index (Phi) is 6.93. The number of hydrogen-bond donors (Lipinski definition) is 2. The lowest BCUT2D eigenvalue weighted by Gasteiger charge is -2.12. The van der Waals surface area contributed by atoms with Crippen LogP contribution >= 0.6 is 15.9 Å². The van der Waals surface area contributed by atoms with Crippen LogP contribution in [-0.4, -0.2) is 37.4 Å². The fourth-order valence-electron chi connectivity index (χ4n) is 1.47. The number of amides is 1. The SMILES string of the molecule is CC(C(=O)NCCOCCO)c1ccc(Br)cc1. The molecule has 0 aliphatic rings. The van der Waals surface area contributed by atoms with Gasteiger partial charge in [0.15, 0.2) is 0 Å². The molecule has 0 aliphatic heterocycles. The molecule has 1 aromatic rings. The molecule has 0 saturated heterocycles. The Labute approximate surface area is 115 Å². The predicted octanol–water partition coefficient (Wildman–Crippen LogP) is 1.68. The molecule has 1 atom stereocenters. The highest BCUT2D eigenvalue weighted by molar-refractivity contribution is 9.10. The number of carbonyl (C=O) groups is 1. The molecule has 100 valence electrons. The van der Waals surface area contributed by atoms with Crippen LogP contribution in [0, 0.1) is 0 Å². The molecular formula is C13H18BrNO3. The first-order chi connectivity index (χ1) is 8.65. The number of aliphatic hydroxyl groups excluding tert-OH is 1. The third kappa shape index (κ3) is 5.16. The monoisotopic (exact) mass is 315 g/mol. The summed E-state index contributed by atoms with van der Waals surface area (Å²) in [7, 11) is 0. The highest BCUT2D eigenvalue weighted by Crippen LogP contribution is 2.18. The van der Waals surface area contributed by atoms with Crippen molar-refractivity contribution in [3.63, 3.8) is 0 Å². The Morgan fingerprint density at radius 2 is 2.06 bits per heavy atom. The summed E-state index contributed by atoms with van der Waals surface area (Å²) in [5.41, 5.74) is 0.979. The molecule has 0 radical (unpaired) electrons. The van der Waals surface area contributed by atoms with Crippen LogP contribution in [-0.2, 0) is 9.53 Å². The van der Waals surface area contributed by atoms with E-state index in [2.05, 4.69) is 21.2 Å². The first kappa shape index (κ1) is 15.1. The van der Waals surface area contributed by atoms with E-state index in [1.54, 1.807) is 0 Å². The summed E-state index contributed by atoms with van der Waals surface area (Å²) >= 11 is 3.36. The van der Waals surface area contributed by atoms with Gasteiger partial charge in [-0.25, -0.2) is 0 Å². The Bertz CT molecular complexity index is 367. The van der Waals surface area contributed by atoms with Gasteiger partial charge in [0.1, 0.15) is 0 Å². The third-order valence-corrected chi connectivity index (χ3v) is 3.07. The summed E-state index contributed by atoms with van der Waals surface area (Å²) in [6, 6.07) is 7.69. The second-order valence-electron chi connectivity index (χ2n) is 3.90. The molecule has 0 heterocycles. The molecule has 4 nitrogen and oxygen atoms in total. The molecule has 1 unspecified atom stereocenters. The van der Waals surface area contributed by atoms with Crippen molar-refractivity contribution in [3.05, 3.63) is 34.3 Å². The summed E-state index contributed by atoms with van der Waals surface area (Å²) in [4.78, 5) is 11.8. The summed E-state index contributed by atoms with van der Waals surface area (Å²) < 4.78 is 6.06. The van der Waals surface area contributed by atoms with Crippen LogP contribution in [0.4, 0.5) is 0 Å². The lowest BCUT2D eigenvalue weighted by Crippen LogP contribution is -2.31. The van der Waals surface area contributed by atoms with Gasteiger partial charge in [-0.2, -0.15) is 0 Å². The highest BCUT2D eigenvalue weighted by atomic mass is 79.9. The van der Waals surface area contributed by atoms with Crippen molar-refractivity contribution >= 4 is 21.8 Å². The first-order valence-electron chi connectivity index (χ1n) is 5.87. The van der Waals surface area contributed by atoms with Gasteiger partial charge in [0, 0.05) is 11.0 Å². The molecule has 1 rings (SSSR count). The minimum atomic E-state index is -0.184. The second-order valence-corrected chi connectivity index (χ2v) is 4.82. The van der Waals surface area contributed by atoms with E-state index in [9.17, 15) is 4.79 Å². The van der Waals surface area contributed by atoms with Crippen molar-refractivity contribution in [3.8, 4) is 0 Å². The molecule has 0 bridgehead atoms. The van der Waals surface area contributed by atoms with Gasteiger partial charge < -0.3 is 15.2 Å². The number of halogens is 1. The number of ether oxygens (including phenoxy) is 1. The second kappa shape index (κ2) is 8.24. The zero-order valence-electron chi connectivity index (χ0n) is 10.4. The number of hydrogen-bond acceptors (Lipinski definition) is 3. The summed E-state index contributed by atoms with van der Waals surface area (Å²) in [5.74, 6) is -0.208. The van der Waals surface area contributed by atoms with Gasteiger partial charge in [0.2, 0.25) is 5.91 Å². The molecule has 1 amide bonds. The minimum absolute atomic E-state index is 0.00322. The maximum absolute atomic E-state index is 11.8. The summed E-state index contributed by atoms with van der Waals surface area (Å²) in [6.07, 6.45) is 0. The molecule has 5 heteroatoms. The lowest BCUT2D eigenvalue weighted by atomic mass is 10.0. The normalized spacial score (nSPS) is 12.2. The van der Waals surface area contributed by atoms with Crippen LogP contribution in [0.2, 0.25) is 0 Å². The summed E-state index contributed by atoms with van der Waals surface area (Å²) in [5, 5.41) is 11.3. The Morgan fingerprint density at radius 1 is 1.39 bits per heavy atom. The highest BCUT2D eigenvalue weighted by Gasteiger charge is 2.14. The van der Waals surface area contributed by atoms with Gasteiger partial charge >= 0.3 is 0 Å². The van der Waals surface area contributed by atoms with Crippen molar-refractivity contribution in [1.29, 1.82) is 0 Å². The van der Waals surface area contributed by atoms with Crippen molar-refractivity contribution < 1.29 is 14.6 Å². The molecule has 18 heavy (non-hydrogen) atoms. The quantitative estimate of drug-likeness (QED) is 0.753. The number of rotatable bonds is 7. The van der Waals surface area contributed by atoms with Gasteiger partial charge in [0.25, 0.3) is 0 Å². The van der Waals surface area contributed by atoms with Crippen LogP contribution in [0.15, 0.2) is 28.7 Å². The Hall–Kier alpha value is -0.910. The molecule has 0 aliphatic carbocycles. The van der Waals surface area contributed by atoms with Crippen LogP contribution in [0.3, 0.4) is 0 Å². The Morgan fingerprint density at radius 3 is 2.67 bits per heavy atom. The first-order valence-corrected chi connectivity index (χ1v) is 6.66. The predicted molar refractivity (Wildman–Crippen MR) is 73.5 cm³/mol. The van der Waals surface area contributed by atoms with E-state index in [1.165, 1.54) is 0 Å². The minimum Gasteiger partial charge on any atom is -0.394 e. The largest absolute Gasteiger partial charge is 0.394 e. The number of aliphatic hydroxyl groups is 1. The number of nitrogens with one attached hydrogen (secondary N) is 1. The standard InChI is InChI=1S/C13H18BrNO3/c1-10(11-2-4-12(14)5-3-11)13(17)15-6-8-18-9-7-16/h2-5,10,16H,6-9H2,1H3,(H,15,17). The van der Waals surface area contributed by atoms with Gasteiger partial charge in [-0.15, -0.1) is 0 Å². The number of benzene rings is 1. The molecule has 0 fully saturated rings. The third-order valence-electron chi connectivity index (χ3n) is 2.54. The maximum Gasteiger partial charge on any atom is 0.227 e. The lowest BCUT2D eigenvalue weighted by molar-refractivity contribution is -0.122. The average molecular weight is 316 g/mol. The van der Waals surface area contributed by atoms with Crippen LogP contribution < -0.4 is 5.32 Å². The van der Waals surface area contributed by atoms with Gasteiger partial charge in [-0.1, -0.05) is 28.1 Å². The fourth-order valence-corrected chi connectivity index (χ4v) is 1.73. The maximum atomic E-state index is 11.8. The van der Waals surface area contributed by atoms with Crippen LogP contribution in [0.5, 0.6) is 0 Å². The van der Waals surface area contributed by atoms with Gasteiger partial charge in [-0.3, -0.25) is 4.79 Å². The topological polar surface area (TPSA) is 58.6 Å². The fraction of sp³-hybridized carbons (Fsp3) is 0.462. The zero-order valence-corrected chi connectivity index (χ0v) is 11.9. The molecule has 2 N–H and O–H groups in total. The molecule has 0 spiro atoms. The van der Waals surface area contributed by atoms with E-state index in [1.807, 2.05) is 31.2 Å². The van der Waals surface area contributed by atoms with E-state index in [0.717, 1.165) is 10.0 Å². The van der Waals surface area contributed by atoms with Crippen molar-refractivity contribution in [1.82, 2.24) is 5.32 Å². The average Bonchev–Trinajstić information content (AvgIpc) is 2.38. The van der Waals surface area contributed by atoms with Crippen LogP contribution in [0.25, 0.3) is 0 Å². The number of carbonyl (C=O) groups excluding carboxylic acids is 1. The van der Waals surface area contributed by atoms with E-state index in [-0.39, 0.29) is 18.4 Å². The van der Waals surface area contributed by atoms with E-state index in [0.29, 0.717) is 19.8 Å². The molecular weight excluding hydrogens is 298 g/mol. The molecule has 0 aromatic heterocycles. The zero-order chi connectivity index (χ0) is 13.4. The van der Waals surface area contributed by atoms with E-state index >= 15 is 0 Å². The van der Waals surface area contributed by atoms with Crippen molar-refractivity contribution in [2.24, 2.45) is 0 Å². The van der Waals surface area contributed by atoms with E-state index in [4.69, 9.17) is 9.84 Å². The van der Waals surface area contributed by atoms with Gasteiger partial charge in [0.05, 0.1) is 25.7 Å². The summed E-state index contributed by atoms with van der Waals surface area (Å²) in [6.45, 7) is 3.05. The van der Waals surface area contributed by atoms with Gasteiger partial charge in [-0.05, 0) is 24.6 Å². The van der Waals surface area contributed by atoms with E-state index < -0.39 is 0 Å². The van der Waals surface area contributed by atoms with Crippen molar-refractivity contribution in [2.45, 2.75) is 12.8 Å². The molecule has 1 aromatic carbocycles. The Balaban J connectivity index is 2.34. The van der Waals surface area contributed by atoms with Crippen molar-refractivity contribution in [2.75, 3.05) is 26.4 Å². The molecule has 0 saturated carbocycles. The van der Waals surface area contributed by atoms with Crippen LogP contribution in [0.1, 0.15) is 18.4 Å².